The molecule has 1 saturated carbocycles. The van der Waals surface area contributed by atoms with Gasteiger partial charge in [0.25, 0.3) is 0 Å². The minimum absolute atomic E-state index is 0.542. The van der Waals surface area contributed by atoms with E-state index in [4.69, 9.17) is 4.74 Å². The van der Waals surface area contributed by atoms with Gasteiger partial charge in [0, 0.05) is 19.1 Å². The second kappa shape index (κ2) is 6.19. The first-order valence-corrected chi connectivity index (χ1v) is 7.54. The van der Waals surface area contributed by atoms with E-state index in [9.17, 15) is 0 Å². The third-order valence-electron chi connectivity index (χ3n) is 4.48. The molecule has 0 radical (unpaired) electrons. The van der Waals surface area contributed by atoms with Crippen molar-refractivity contribution in [3.63, 3.8) is 0 Å². The summed E-state index contributed by atoms with van der Waals surface area (Å²) in [5.74, 6) is 0.879. The van der Waals surface area contributed by atoms with Gasteiger partial charge in [-0.1, -0.05) is 19.8 Å². The zero-order valence-electron chi connectivity index (χ0n) is 11.8. The Morgan fingerprint density at radius 1 is 1.00 bits per heavy atom. The van der Waals surface area contributed by atoms with Crippen LogP contribution in [0.4, 0.5) is 0 Å². The highest BCUT2D eigenvalue weighted by atomic mass is 16.5. The van der Waals surface area contributed by atoms with Crippen molar-refractivity contribution in [2.24, 2.45) is 5.92 Å². The molecular weight excluding hydrogens is 210 g/mol. The van der Waals surface area contributed by atoms with Crippen LogP contribution in [0.2, 0.25) is 0 Å². The number of hydrogen-bond donors (Lipinski definition) is 0. The number of rotatable bonds is 3. The highest BCUT2D eigenvalue weighted by molar-refractivity contribution is 4.78. The van der Waals surface area contributed by atoms with Gasteiger partial charge in [0.05, 0.1) is 12.2 Å². The highest BCUT2D eigenvalue weighted by Gasteiger charge is 2.26. The van der Waals surface area contributed by atoms with Gasteiger partial charge >= 0.3 is 0 Å². The van der Waals surface area contributed by atoms with E-state index >= 15 is 0 Å². The van der Waals surface area contributed by atoms with E-state index in [0.29, 0.717) is 18.2 Å². The zero-order valence-corrected chi connectivity index (χ0v) is 11.8. The fourth-order valence-corrected chi connectivity index (χ4v) is 3.30. The van der Waals surface area contributed by atoms with Crippen molar-refractivity contribution in [3.05, 3.63) is 0 Å². The monoisotopic (exact) mass is 239 g/mol. The fourth-order valence-electron chi connectivity index (χ4n) is 3.30. The highest BCUT2D eigenvalue weighted by Crippen LogP contribution is 2.28. The van der Waals surface area contributed by atoms with Gasteiger partial charge in [0.1, 0.15) is 0 Å². The van der Waals surface area contributed by atoms with Gasteiger partial charge in [-0.05, 0) is 45.4 Å². The van der Waals surface area contributed by atoms with Crippen molar-refractivity contribution >= 4 is 0 Å². The summed E-state index contributed by atoms with van der Waals surface area (Å²) in [4.78, 5) is 2.57. The lowest BCUT2D eigenvalue weighted by Crippen LogP contribution is -2.42. The topological polar surface area (TPSA) is 12.5 Å². The summed E-state index contributed by atoms with van der Waals surface area (Å²) in [6.07, 6.45) is 8.96. The van der Waals surface area contributed by atoms with Crippen LogP contribution in [-0.4, -0.2) is 36.2 Å². The Balaban J connectivity index is 1.70. The van der Waals surface area contributed by atoms with E-state index < -0.39 is 0 Å². The number of ether oxygens (including phenoxy) is 1. The van der Waals surface area contributed by atoms with Crippen LogP contribution >= 0.6 is 0 Å². The molecule has 17 heavy (non-hydrogen) atoms. The molecule has 2 aliphatic rings. The lowest BCUT2D eigenvalue weighted by molar-refractivity contribution is -0.0652. The van der Waals surface area contributed by atoms with Gasteiger partial charge in [-0.25, -0.2) is 0 Å². The first-order valence-electron chi connectivity index (χ1n) is 7.54. The van der Waals surface area contributed by atoms with Crippen LogP contribution in [0.15, 0.2) is 0 Å². The molecule has 0 amide bonds. The molecule has 1 aliphatic carbocycles. The second-order valence-electron chi connectivity index (χ2n) is 6.36. The van der Waals surface area contributed by atoms with Crippen LogP contribution in [0, 0.1) is 5.92 Å². The van der Waals surface area contributed by atoms with Crippen LogP contribution in [0.3, 0.4) is 0 Å². The molecule has 0 aromatic heterocycles. The number of piperidine rings is 1. The standard InChI is InChI=1S/C15H29NO/c1-12(2)16-9-7-14(8-10-16)17-15-6-4-5-13(3)11-15/h12-15H,4-11H2,1-3H3. The average molecular weight is 239 g/mol. The molecule has 2 unspecified atom stereocenters. The molecular formula is C15H29NO. The predicted octanol–water partition coefficient (Wildman–Crippen LogP) is 3.45. The Labute approximate surface area is 107 Å². The average Bonchev–Trinajstić information content (AvgIpc) is 2.29. The molecule has 2 nitrogen and oxygen atoms in total. The Hall–Kier alpha value is -0.0800. The van der Waals surface area contributed by atoms with Crippen LogP contribution in [0.5, 0.6) is 0 Å². The Morgan fingerprint density at radius 3 is 2.29 bits per heavy atom. The van der Waals surface area contributed by atoms with Crippen LogP contribution in [-0.2, 0) is 4.74 Å². The molecule has 0 N–H and O–H groups in total. The molecule has 0 aromatic rings. The molecule has 100 valence electrons. The molecule has 1 aliphatic heterocycles. The summed E-state index contributed by atoms with van der Waals surface area (Å²) < 4.78 is 6.30. The van der Waals surface area contributed by atoms with Crippen molar-refractivity contribution < 1.29 is 4.74 Å². The lowest BCUT2D eigenvalue weighted by atomic mass is 9.88. The Morgan fingerprint density at radius 2 is 1.71 bits per heavy atom. The smallest absolute Gasteiger partial charge is 0.0603 e. The molecule has 2 fully saturated rings. The van der Waals surface area contributed by atoms with E-state index in [1.807, 2.05) is 0 Å². The first-order chi connectivity index (χ1) is 8.15. The van der Waals surface area contributed by atoms with Gasteiger partial charge < -0.3 is 9.64 Å². The van der Waals surface area contributed by atoms with E-state index in [2.05, 4.69) is 25.7 Å². The van der Waals surface area contributed by atoms with E-state index in [1.54, 1.807) is 0 Å². The van der Waals surface area contributed by atoms with Crippen molar-refractivity contribution in [2.45, 2.75) is 77.5 Å². The first kappa shape index (κ1) is 13.4. The summed E-state index contributed by atoms with van der Waals surface area (Å²) in [5, 5.41) is 0. The maximum absolute atomic E-state index is 6.30. The second-order valence-corrected chi connectivity index (χ2v) is 6.36. The van der Waals surface area contributed by atoms with Crippen LogP contribution in [0.25, 0.3) is 0 Å². The molecule has 1 heterocycles. The van der Waals surface area contributed by atoms with E-state index in [0.717, 1.165) is 5.92 Å². The minimum atomic E-state index is 0.542. The lowest BCUT2D eigenvalue weighted by Gasteiger charge is -2.37. The van der Waals surface area contributed by atoms with Crippen LogP contribution in [0.1, 0.15) is 59.3 Å². The molecule has 2 heteroatoms. The zero-order chi connectivity index (χ0) is 12.3. The van der Waals surface area contributed by atoms with Gasteiger partial charge in [-0.3, -0.25) is 0 Å². The molecule has 2 atom stereocenters. The molecule has 0 bridgehead atoms. The summed E-state index contributed by atoms with van der Waals surface area (Å²) >= 11 is 0. The van der Waals surface area contributed by atoms with Crippen molar-refractivity contribution in [2.75, 3.05) is 13.1 Å². The maximum atomic E-state index is 6.30. The van der Waals surface area contributed by atoms with E-state index in [-0.39, 0.29) is 0 Å². The normalized spacial score (nSPS) is 33.2. The quantitative estimate of drug-likeness (QED) is 0.748. The van der Waals surface area contributed by atoms with Gasteiger partial charge in [-0.2, -0.15) is 0 Å². The third kappa shape index (κ3) is 3.96. The molecule has 1 saturated heterocycles. The summed E-state index contributed by atoms with van der Waals surface area (Å²) in [5.41, 5.74) is 0. The van der Waals surface area contributed by atoms with E-state index in [1.165, 1.54) is 51.6 Å². The largest absolute Gasteiger partial charge is 0.375 e. The van der Waals surface area contributed by atoms with Crippen molar-refractivity contribution in [1.82, 2.24) is 4.90 Å². The fraction of sp³-hybridized carbons (Fsp3) is 1.00. The summed E-state index contributed by atoms with van der Waals surface area (Å²) in [7, 11) is 0. The van der Waals surface area contributed by atoms with Crippen molar-refractivity contribution in [1.29, 1.82) is 0 Å². The number of hydrogen-bond acceptors (Lipinski definition) is 2. The van der Waals surface area contributed by atoms with Gasteiger partial charge in [-0.15, -0.1) is 0 Å². The number of likely N-dealkylation sites (tertiary alicyclic amines) is 1. The summed E-state index contributed by atoms with van der Waals surface area (Å²) in [6, 6.07) is 0.700. The van der Waals surface area contributed by atoms with Gasteiger partial charge in [0.2, 0.25) is 0 Å². The third-order valence-corrected chi connectivity index (χ3v) is 4.48. The minimum Gasteiger partial charge on any atom is -0.375 e. The Kier molecular flexibility index (Phi) is 4.87. The predicted molar refractivity (Wildman–Crippen MR) is 72.2 cm³/mol. The Bertz CT molecular complexity index is 221. The molecule has 2 rings (SSSR count). The summed E-state index contributed by atoms with van der Waals surface area (Å²) in [6.45, 7) is 9.42. The van der Waals surface area contributed by atoms with Gasteiger partial charge in [0.15, 0.2) is 0 Å². The molecule has 0 aromatic carbocycles. The maximum Gasteiger partial charge on any atom is 0.0603 e. The SMILES string of the molecule is CC1CCCC(OC2CCN(C(C)C)CC2)C1. The van der Waals surface area contributed by atoms with Crippen LogP contribution < -0.4 is 0 Å². The number of nitrogens with zero attached hydrogens (tertiary/aromatic N) is 1. The molecule has 0 spiro atoms. The van der Waals surface area contributed by atoms with Crippen molar-refractivity contribution in [3.8, 4) is 0 Å².